The summed E-state index contributed by atoms with van der Waals surface area (Å²) in [5.41, 5.74) is 0.0421. The molecule has 0 spiro atoms. The maximum absolute atomic E-state index is 12.0. The second-order valence-corrected chi connectivity index (χ2v) is 5.22. The minimum absolute atomic E-state index is 0.00490. The molecule has 0 fully saturated rings. The number of hydrogen-bond acceptors (Lipinski definition) is 7. The van der Waals surface area contributed by atoms with Gasteiger partial charge in [-0.1, -0.05) is 0 Å². The molecule has 1 aliphatic rings. The Morgan fingerprint density at radius 3 is 2.90 bits per heavy atom. The van der Waals surface area contributed by atoms with Gasteiger partial charge in [-0.25, -0.2) is 14.0 Å². The van der Waals surface area contributed by atoms with E-state index in [1.54, 1.807) is 12.1 Å². The number of thiazole rings is 1. The number of carboxylic acid groups (broad SMARTS) is 1. The third kappa shape index (κ3) is 1.71. The van der Waals surface area contributed by atoms with Crippen LogP contribution < -0.4 is 19.9 Å². The SMILES string of the molecule is O=C(O)Oc1cnc(=O)n2c1sc1cc3c(cc12)OCO3. The Kier molecular flexibility index (Phi) is 2.33. The van der Waals surface area contributed by atoms with Crippen LogP contribution in [0.15, 0.2) is 23.1 Å². The van der Waals surface area contributed by atoms with E-state index in [0.29, 0.717) is 21.8 Å². The lowest BCUT2D eigenvalue weighted by atomic mass is 10.3. The van der Waals surface area contributed by atoms with Gasteiger partial charge in [0, 0.05) is 12.1 Å². The predicted octanol–water partition coefficient (Wildman–Crippen LogP) is 1.69. The molecular formula is C12H6N2O6S. The molecule has 0 radical (unpaired) electrons. The number of benzene rings is 1. The number of nitrogens with zero attached hydrogens (tertiary/aromatic N) is 2. The number of fused-ring (bicyclic) bond motifs is 4. The first kappa shape index (κ1) is 12.0. The van der Waals surface area contributed by atoms with Crippen molar-refractivity contribution in [1.82, 2.24) is 9.38 Å². The quantitative estimate of drug-likeness (QED) is 0.683. The van der Waals surface area contributed by atoms with Gasteiger partial charge in [0.25, 0.3) is 0 Å². The summed E-state index contributed by atoms with van der Waals surface area (Å²) in [7, 11) is 0. The largest absolute Gasteiger partial charge is 0.511 e. The lowest BCUT2D eigenvalue weighted by Crippen LogP contribution is -2.16. The normalized spacial score (nSPS) is 13.0. The highest BCUT2D eigenvalue weighted by molar-refractivity contribution is 7.24. The third-order valence-corrected chi connectivity index (χ3v) is 4.12. The molecule has 3 aromatic rings. The molecule has 0 unspecified atom stereocenters. The van der Waals surface area contributed by atoms with Gasteiger partial charge in [-0.3, -0.25) is 0 Å². The molecule has 21 heavy (non-hydrogen) atoms. The molecular weight excluding hydrogens is 300 g/mol. The summed E-state index contributed by atoms with van der Waals surface area (Å²) in [5, 5.41) is 8.73. The monoisotopic (exact) mass is 306 g/mol. The van der Waals surface area contributed by atoms with Crippen LogP contribution in [0.25, 0.3) is 15.0 Å². The first-order valence-electron chi connectivity index (χ1n) is 5.78. The average Bonchev–Trinajstić information content (AvgIpc) is 3.02. The molecule has 1 N–H and O–H groups in total. The standard InChI is InChI=1S/C12H6N2O6S/c15-11-13-3-8(20-12(16)17)10-14(11)5-1-6-7(19-4-18-6)2-9(5)21-10/h1-3H,4H2,(H,16,17). The van der Waals surface area contributed by atoms with Gasteiger partial charge in [-0.15, -0.1) is 11.3 Å². The zero-order chi connectivity index (χ0) is 14.6. The summed E-state index contributed by atoms with van der Waals surface area (Å²) in [4.78, 5) is 26.7. The van der Waals surface area contributed by atoms with Crippen LogP contribution in [0.5, 0.6) is 17.2 Å². The smallest absolute Gasteiger partial charge is 0.454 e. The van der Waals surface area contributed by atoms with E-state index in [0.717, 1.165) is 10.9 Å². The maximum atomic E-state index is 12.0. The fourth-order valence-electron chi connectivity index (χ4n) is 2.17. The fourth-order valence-corrected chi connectivity index (χ4v) is 3.26. The van der Waals surface area contributed by atoms with E-state index in [9.17, 15) is 9.59 Å². The van der Waals surface area contributed by atoms with Crippen LogP contribution in [0.2, 0.25) is 0 Å². The maximum Gasteiger partial charge on any atom is 0.511 e. The highest BCUT2D eigenvalue weighted by Gasteiger charge is 2.20. The van der Waals surface area contributed by atoms with Crippen molar-refractivity contribution in [2.24, 2.45) is 0 Å². The van der Waals surface area contributed by atoms with Crippen molar-refractivity contribution in [3.05, 3.63) is 28.8 Å². The summed E-state index contributed by atoms with van der Waals surface area (Å²) in [5.74, 6) is 1.11. The number of aromatic nitrogens is 2. The van der Waals surface area contributed by atoms with Crippen LogP contribution >= 0.6 is 11.3 Å². The molecule has 9 heteroatoms. The van der Waals surface area contributed by atoms with Crippen molar-refractivity contribution in [3.63, 3.8) is 0 Å². The van der Waals surface area contributed by atoms with Crippen LogP contribution in [-0.4, -0.2) is 27.4 Å². The van der Waals surface area contributed by atoms with Crippen molar-refractivity contribution < 1.29 is 24.1 Å². The Bertz CT molecular complexity index is 960. The number of hydrogen-bond donors (Lipinski definition) is 1. The lowest BCUT2D eigenvalue weighted by Gasteiger charge is -2.00. The van der Waals surface area contributed by atoms with E-state index in [-0.39, 0.29) is 12.5 Å². The first-order chi connectivity index (χ1) is 10.1. The van der Waals surface area contributed by atoms with Gasteiger partial charge >= 0.3 is 11.8 Å². The summed E-state index contributed by atoms with van der Waals surface area (Å²) >= 11 is 1.21. The van der Waals surface area contributed by atoms with Crippen LogP contribution in [0.3, 0.4) is 0 Å². The van der Waals surface area contributed by atoms with Crippen LogP contribution in [-0.2, 0) is 0 Å². The molecule has 0 saturated carbocycles. The van der Waals surface area contributed by atoms with Crippen molar-refractivity contribution in [1.29, 1.82) is 0 Å². The van der Waals surface area contributed by atoms with Crippen molar-refractivity contribution in [3.8, 4) is 17.2 Å². The first-order valence-corrected chi connectivity index (χ1v) is 6.60. The summed E-state index contributed by atoms with van der Waals surface area (Å²) in [6, 6.07) is 3.40. The van der Waals surface area contributed by atoms with Crippen LogP contribution in [0, 0.1) is 0 Å². The number of ether oxygens (including phenoxy) is 3. The molecule has 0 bridgehead atoms. The van der Waals surface area contributed by atoms with Gasteiger partial charge in [0.05, 0.1) is 16.4 Å². The van der Waals surface area contributed by atoms with Gasteiger partial charge in [0.15, 0.2) is 17.2 Å². The van der Waals surface area contributed by atoms with Gasteiger partial charge in [-0.05, 0) is 0 Å². The van der Waals surface area contributed by atoms with E-state index in [4.69, 9.17) is 14.6 Å². The average molecular weight is 306 g/mol. The zero-order valence-corrected chi connectivity index (χ0v) is 11.0. The summed E-state index contributed by atoms with van der Waals surface area (Å²) < 4.78 is 17.2. The molecule has 1 aromatic carbocycles. The molecule has 106 valence electrons. The molecule has 3 heterocycles. The van der Waals surface area contributed by atoms with Crippen molar-refractivity contribution in [2.75, 3.05) is 6.79 Å². The van der Waals surface area contributed by atoms with Crippen molar-refractivity contribution >= 4 is 32.5 Å². The third-order valence-electron chi connectivity index (χ3n) is 3.00. The minimum Gasteiger partial charge on any atom is -0.454 e. The Morgan fingerprint density at radius 1 is 1.38 bits per heavy atom. The predicted molar refractivity (Wildman–Crippen MR) is 71.6 cm³/mol. The molecule has 1 aliphatic heterocycles. The van der Waals surface area contributed by atoms with Crippen LogP contribution in [0.4, 0.5) is 4.79 Å². The summed E-state index contributed by atoms with van der Waals surface area (Å²) in [6.45, 7) is 0.130. The zero-order valence-electron chi connectivity index (χ0n) is 10.2. The Hall–Kier alpha value is -2.81. The molecule has 0 aliphatic carbocycles. The number of rotatable bonds is 1. The Morgan fingerprint density at radius 2 is 2.14 bits per heavy atom. The topological polar surface area (TPSA) is 99.4 Å². The highest BCUT2D eigenvalue weighted by atomic mass is 32.1. The van der Waals surface area contributed by atoms with E-state index < -0.39 is 11.8 Å². The Balaban J connectivity index is 2.09. The van der Waals surface area contributed by atoms with E-state index in [2.05, 4.69) is 9.72 Å². The Labute approximate surface area is 119 Å². The highest BCUT2D eigenvalue weighted by Crippen LogP contribution is 2.40. The molecule has 4 rings (SSSR count). The molecule has 8 nitrogen and oxygen atoms in total. The summed E-state index contributed by atoms with van der Waals surface area (Å²) in [6.07, 6.45) is -0.369. The fraction of sp³-hybridized carbons (Fsp3) is 0.0833. The number of carbonyl (C=O) groups is 1. The molecule has 0 amide bonds. The van der Waals surface area contributed by atoms with E-state index in [1.165, 1.54) is 15.7 Å². The van der Waals surface area contributed by atoms with Gasteiger partial charge in [0.2, 0.25) is 6.79 Å². The van der Waals surface area contributed by atoms with Crippen molar-refractivity contribution in [2.45, 2.75) is 0 Å². The second-order valence-electron chi connectivity index (χ2n) is 4.19. The van der Waals surface area contributed by atoms with Gasteiger partial charge in [-0.2, -0.15) is 4.98 Å². The molecule has 0 saturated heterocycles. The van der Waals surface area contributed by atoms with E-state index >= 15 is 0 Å². The van der Waals surface area contributed by atoms with E-state index in [1.807, 2.05) is 0 Å². The van der Waals surface area contributed by atoms with Gasteiger partial charge < -0.3 is 19.3 Å². The lowest BCUT2D eigenvalue weighted by molar-refractivity contribution is 0.144. The molecule has 2 aromatic heterocycles. The minimum atomic E-state index is -1.47. The van der Waals surface area contributed by atoms with Crippen LogP contribution in [0.1, 0.15) is 0 Å². The van der Waals surface area contributed by atoms with Gasteiger partial charge in [0.1, 0.15) is 4.83 Å². The second kappa shape index (κ2) is 4.09. The molecule has 0 atom stereocenters.